The van der Waals surface area contributed by atoms with E-state index in [0.717, 1.165) is 44.6 Å². The first-order chi connectivity index (χ1) is 9.31. The molecule has 1 aliphatic rings. The summed E-state index contributed by atoms with van der Waals surface area (Å²) in [5, 5.41) is 2.75. The first kappa shape index (κ1) is 12.6. The molecule has 4 heteroatoms. The minimum absolute atomic E-state index is 0.679. The van der Waals surface area contributed by atoms with Crippen molar-refractivity contribution in [1.29, 1.82) is 0 Å². The lowest BCUT2D eigenvalue weighted by atomic mass is 10.0. The van der Waals surface area contributed by atoms with Gasteiger partial charge in [-0.15, -0.1) is 11.3 Å². The molecule has 19 heavy (non-hydrogen) atoms. The van der Waals surface area contributed by atoms with Crippen LogP contribution >= 0.6 is 11.3 Å². The number of nitrogen functional groups attached to an aromatic ring is 1. The summed E-state index contributed by atoms with van der Waals surface area (Å²) in [5.74, 6) is 0. The molecule has 100 valence electrons. The summed E-state index contributed by atoms with van der Waals surface area (Å²) in [6.07, 6.45) is 3.33. The Bertz CT molecular complexity index is 523. The van der Waals surface area contributed by atoms with Crippen LogP contribution in [-0.2, 0) is 19.3 Å². The Morgan fingerprint density at radius 3 is 2.42 bits per heavy atom. The van der Waals surface area contributed by atoms with Crippen molar-refractivity contribution in [2.45, 2.75) is 19.3 Å². The number of fused-ring (bicyclic) bond motifs is 1. The zero-order valence-corrected chi connectivity index (χ0v) is 11.8. The Morgan fingerprint density at radius 1 is 1.16 bits per heavy atom. The lowest BCUT2D eigenvalue weighted by Crippen LogP contribution is -2.28. The van der Waals surface area contributed by atoms with Crippen LogP contribution < -0.4 is 5.73 Å². The first-order valence-corrected chi connectivity index (χ1v) is 7.68. The van der Waals surface area contributed by atoms with Gasteiger partial charge in [-0.1, -0.05) is 24.3 Å². The second-order valence-electron chi connectivity index (χ2n) is 5.04. The SMILES string of the molecule is Nc1nc(CCN2CCc3ccccc3CC2)cs1. The average Bonchev–Trinajstić information content (AvgIpc) is 2.73. The Kier molecular flexibility index (Phi) is 3.80. The van der Waals surface area contributed by atoms with Gasteiger partial charge < -0.3 is 10.6 Å². The third kappa shape index (κ3) is 3.14. The molecule has 2 aromatic rings. The van der Waals surface area contributed by atoms with Gasteiger partial charge in [0.2, 0.25) is 0 Å². The number of benzene rings is 1. The maximum absolute atomic E-state index is 5.66. The topological polar surface area (TPSA) is 42.1 Å². The first-order valence-electron chi connectivity index (χ1n) is 6.80. The molecule has 0 atom stereocenters. The molecule has 0 amide bonds. The molecule has 1 aromatic heterocycles. The minimum Gasteiger partial charge on any atom is -0.375 e. The maximum Gasteiger partial charge on any atom is 0.180 e. The van der Waals surface area contributed by atoms with Crippen molar-refractivity contribution < 1.29 is 0 Å². The number of hydrogen-bond acceptors (Lipinski definition) is 4. The number of hydrogen-bond donors (Lipinski definition) is 1. The summed E-state index contributed by atoms with van der Waals surface area (Å²) >= 11 is 1.53. The fourth-order valence-electron chi connectivity index (χ4n) is 2.65. The van der Waals surface area contributed by atoms with E-state index in [-0.39, 0.29) is 0 Å². The molecule has 3 nitrogen and oxygen atoms in total. The van der Waals surface area contributed by atoms with Crippen molar-refractivity contribution in [2.75, 3.05) is 25.4 Å². The van der Waals surface area contributed by atoms with Crippen molar-refractivity contribution in [3.8, 4) is 0 Å². The molecule has 3 rings (SSSR count). The molecule has 2 N–H and O–H groups in total. The number of aromatic nitrogens is 1. The van der Waals surface area contributed by atoms with Crippen molar-refractivity contribution in [3.05, 3.63) is 46.5 Å². The van der Waals surface area contributed by atoms with Gasteiger partial charge in [-0.3, -0.25) is 0 Å². The fourth-order valence-corrected chi connectivity index (χ4v) is 3.25. The molecule has 0 saturated carbocycles. The smallest absolute Gasteiger partial charge is 0.180 e. The third-order valence-electron chi connectivity index (χ3n) is 3.77. The number of rotatable bonds is 3. The van der Waals surface area contributed by atoms with Crippen LogP contribution in [0.5, 0.6) is 0 Å². The predicted molar refractivity (Wildman–Crippen MR) is 80.5 cm³/mol. The minimum atomic E-state index is 0.679. The lowest BCUT2D eigenvalue weighted by Gasteiger charge is -2.18. The zero-order valence-electron chi connectivity index (χ0n) is 11.0. The van der Waals surface area contributed by atoms with Gasteiger partial charge in [0.15, 0.2) is 5.13 Å². The molecule has 0 spiro atoms. The molecule has 0 bridgehead atoms. The standard InChI is InChI=1S/C15H19N3S/c16-15-17-14(11-19-15)7-10-18-8-5-12-3-1-2-4-13(12)6-9-18/h1-4,11H,5-10H2,(H2,16,17). The normalized spacial score (nSPS) is 16.0. The highest BCUT2D eigenvalue weighted by Gasteiger charge is 2.13. The molecule has 0 saturated heterocycles. The van der Waals surface area contributed by atoms with Crippen molar-refractivity contribution in [1.82, 2.24) is 9.88 Å². The van der Waals surface area contributed by atoms with Gasteiger partial charge >= 0.3 is 0 Å². The lowest BCUT2D eigenvalue weighted by molar-refractivity contribution is 0.290. The molecule has 1 aliphatic heterocycles. The van der Waals surface area contributed by atoms with E-state index in [1.807, 2.05) is 0 Å². The van der Waals surface area contributed by atoms with Gasteiger partial charge in [0.1, 0.15) is 0 Å². The van der Waals surface area contributed by atoms with E-state index in [9.17, 15) is 0 Å². The van der Waals surface area contributed by atoms with E-state index in [0.29, 0.717) is 5.13 Å². The van der Waals surface area contributed by atoms with Crippen LogP contribution in [0, 0.1) is 0 Å². The molecular formula is C15H19N3S. The number of thiazole rings is 1. The Morgan fingerprint density at radius 2 is 1.84 bits per heavy atom. The van der Waals surface area contributed by atoms with Crippen LogP contribution in [0.1, 0.15) is 16.8 Å². The molecular weight excluding hydrogens is 254 g/mol. The molecule has 0 radical (unpaired) electrons. The molecule has 2 heterocycles. The van der Waals surface area contributed by atoms with E-state index in [1.165, 1.54) is 22.5 Å². The van der Waals surface area contributed by atoms with Crippen LogP contribution in [0.4, 0.5) is 5.13 Å². The quantitative estimate of drug-likeness (QED) is 0.933. The van der Waals surface area contributed by atoms with E-state index in [2.05, 4.69) is 39.5 Å². The van der Waals surface area contributed by atoms with Gasteiger partial charge in [0.25, 0.3) is 0 Å². The van der Waals surface area contributed by atoms with Crippen LogP contribution in [-0.4, -0.2) is 29.5 Å². The van der Waals surface area contributed by atoms with Gasteiger partial charge in [0, 0.05) is 31.4 Å². The Labute approximate surface area is 118 Å². The van der Waals surface area contributed by atoms with E-state index in [4.69, 9.17) is 5.73 Å². The Balaban J connectivity index is 1.57. The van der Waals surface area contributed by atoms with Crippen molar-refractivity contribution in [3.63, 3.8) is 0 Å². The summed E-state index contributed by atoms with van der Waals surface area (Å²) in [5.41, 5.74) is 9.83. The van der Waals surface area contributed by atoms with Gasteiger partial charge in [-0.25, -0.2) is 4.98 Å². The van der Waals surface area contributed by atoms with Crippen molar-refractivity contribution >= 4 is 16.5 Å². The van der Waals surface area contributed by atoms with Crippen molar-refractivity contribution in [2.24, 2.45) is 0 Å². The zero-order chi connectivity index (χ0) is 13.1. The van der Waals surface area contributed by atoms with E-state index >= 15 is 0 Å². The Hall–Kier alpha value is -1.39. The fraction of sp³-hybridized carbons (Fsp3) is 0.400. The van der Waals surface area contributed by atoms with Crippen LogP contribution in [0.3, 0.4) is 0 Å². The summed E-state index contributed by atoms with van der Waals surface area (Å²) in [7, 11) is 0. The highest BCUT2D eigenvalue weighted by Crippen LogP contribution is 2.16. The largest absolute Gasteiger partial charge is 0.375 e. The summed E-state index contributed by atoms with van der Waals surface area (Å²) in [6, 6.07) is 8.82. The molecule has 0 aliphatic carbocycles. The summed E-state index contributed by atoms with van der Waals surface area (Å²) in [6.45, 7) is 3.38. The number of nitrogens with zero attached hydrogens (tertiary/aromatic N) is 2. The monoisotopic (exact) mass is 273 g/mol. The third-order valence-corrected chi connectivity index (χ3v) is 4.49. The highest BCUT2D eigenvalue weighted by molar-refractivity contribution is 7.13. The summed E-state index contributed by atoms with van der Waals surface area (Å²) < 4.78 is 0. The van der Waals surface area contributed by atoms with E-state index in [1.54, 1.807) is 0 Å². The molecule has 1 aromatic carbocycles. The van der Waals surface area contributed by atoms with Gasteiger partial charge in [0.05, 0.1) is 5.69 Å². The highest BCUT2D eigenvalue weighted by atomic mass is 32.1. The number of anilines is 1. The average molecular weight is 273 g/mol. The molecule has 0 fully saturated rings. The predicted octanol–water partition coefficient (Wildman–Crippen LogP) is 2.37. The van der Waals surface area contributed by atoms with Gasteiger partial charge in [-0.2, -0.15) is 0 Å². The maximum atomic E-state index is 5.66. The second kappa shape index (κ2) is 5.72. The van der Waals surface area contributed by atoms with Crippen LogP contribution in [0.2, 0.25) is 0 Å². The van der Waals surface area contributed by atoms with Crippen LogP contribution in [0.15, 0.2) is 29.6 Å². The number of nitrogens with two attached hydrogens (primary N) is 1. The van der Waals surface area contributed by atoms with E-state index < -0.39 is 0 Å². The summed E-state index contributed by atoms with van der Waals surface area (Å²) in [4.78, 5) is 6.86. The van der Waals surface area contributed by atoms with Gasteiger partial charge in [-0.05, 0) is 24.0 Å². The second-order valence-corrected chi connectivity index (χ2v) is 5.93. The molecule has 0 unspecified atom stereocenters. The van der Waals surface area contributed by atoms with Crippen LogP contribution in [0.25, 0.3) is 0 Å².